The normalized spacial score (nSPS) is 11.3. The number of rotatable bonds is 4. The van der Waals surface area contributed by atoms with Crippen molar-refractivity contribution in [3.8, 4) is 12.3 Å². The number of terminal acetylenes is 1. The van der Waals surface area contributed by atoms with Crippen LogP contribution in [0.5, 0.6) is 0 Å². The molecule has 9 nitrogen and oxygen atoms in total. The Bertz CT molecular complexity index is 1200. The Balaban J connectivity index is 2.15. The first-order valence-electron chi connectivity index (χ1n) is 7.45. The standard InChI is InChI=1S/C17H10N4O5S/c1-2-8-19-14-10-13(21(25)26)6-7-15(14)27-17(19)18-16(22)11-4-3-5-12(9-11)20(23)24/h1,3-7,9-10H,8H2. The molecule has 3 rings (SSSR count). The van der Waals surface area contributed by atoms with Crippen LogP contribution in [0.3, 0.4) is 0 Å². The molecule has 0 aliphatic heterocycles. The van der Waals surface area contributed by atoms with Gasteiger partial charge in [-0.3, -0.25) is 25.0 Å². The van der Waals surface area contributed by atoms with Gasteiger partial charge in [0.25, 0.3) is 17.3 Å². The number of fused-ring (bicyclic) bond motifs is 1. The Morgan fingerprint density at radius 2 is 1.85 bits per heavy atom. The number of thiazole rings is 1. The molecule has 0 radical (unpaired) electrons. The summed E-state index contributed by atoms with van der Waals surface area (Å²) in [6.07, 6.45) is 5.37. The van der Waals surface area contributed by atoms with Gasteiger partial charge in [0.15, 0.2) is 4.80 Å². The lowest BCUT2D eigenvalue weighted by Crippen LogP contribution is -2.16. The van der Waals surface area contributed by atoms with Crippen LogP contribution in [0.4, 0.5) is 11.4 Å². The van der Waals surface area contributed by atoms with Crippen LogP contribution in [0.25, 0.3) is 10.2 Å². The van der Waals surface area contributed by atoms with E-state index in [1.165, 1.54) is 34.9 Å². The van der Waals surface area contributed by atoms with Gasteiger partial charge in [-0.05, 0) is 12.1 Å². The predicted molar refractivity (Wildman–Crippen MR) is 98.3 cm³/mol. The van der Waals surface area contributed by atoms with Gasteiger partial charge in [0.1, 0.15) is 0 Å². The van der Waals surface area contributed by atoms with Gasteiger partial charge >= 0.3 is 0 Å². The van der Waals surface area contributed by atoms with Crippen LogP contribution in [0.2, 0.25) is 0 Å². The van der Waals surface area contributed by atoms with Crippen LogP contribution < -0.4 is 4.80 Å². The molecule has 0 saturated carbocycles. The lowest BCUT2D eigenvalue weighted by molar-refractivity contribution is -0.385. The summed E-state index contributed by atoms with van der Waals surface area (Å²) < 4.78 is 2.18. The number of nitro groups is 2. The summed E-state index contributed by atoms with van der Waals surface area (Å²) in [6.45, 7) is 0.0578. The number of aromatic nitrogens is 1. The average Bonchev–Trinajstić information content (AvgIpc) is 2.98. The van der Waals surface area contributed by atoms with E-state index in [9.17, 15) is 25.0 Å². The molecule has 27 heavy (non-hydrogen) atoms. The summed E-state index contributed by atoms with van der Waals surface area (Å²) in [6, 6.07) is 9.49. The zero-order chi connectivity index (χ0) is 19.6. The molecule has 0 saturated heterocycles. The zero-order valence-electron chi connectivity index (χ0n) is 13.6. The van der Waals surface area contributed by atoms with Gasteiger partial charge in [-0.2, -0.15) is 4.99 Å². The number of nitro benzene ring substituents is 2. The van der Waals surface area contributed by atoms with Crippen molar-refractivity contribution >= 4 is 38.8 Å². The number of carbonyl (C=O) groups is 1. The molecule has 3 aromatic rings. The van der Waals surface area contributed by atoms with Crippen molar-refractivity contribution in [3.05, 3.63) is 73.1 Å². The van der Waals surface area contributed by atoms with Gasteiger partial charge in [0, 0.05) is 29.8 Å². The molecular formula is C17H10N4O5S. The molecular weight excluding hydrogens is 372 g/mol. The first kappa shape index (κ1) is 18.0. The lowest BCUT2D eigenvalue weighted by Gasteiger charge is -2.00. The highest BCUT2D eigenvalue weighted by Crippen LogP contribution is 2.23. The fourth-order valence-electron chi connectivity index (χ4n) is 2.40. The third-order valence-electron chi connectivity index (χ3n) is 3.63. The second kappa shape index (κ2) is 7.19. The van der Waals surface area contributed by atoms with E-state index >= 15 is 0 Å². The molecule has 10 heteroatoms. The van der Waals surface area contributed by atoms with Gasteiger partial charge in [-0.1, -0.05) is 23.3 Å². The SMILES string of the molecule is C#CCn1c(=NC(=O)c2cccc([N+](=O)[O-])c2)sc2ccc([N+](=O)[O-])cc21. The van der Waals surface area contributed by atoms with E-state index in [-0.39, 0.29) is 28.3 Å². The lowest BCUT2D eigenvalue weighted by atomic mass is 10.2. The van der Waals surface area contributed by atoms with Crippen LogP contribution in [0.15, 0.2) is 47.5 Å². The largest absolute Gasteiger partial charge is 0.304 e. The molecule has 0 bridgehead atoms. The third kappa shape index (κ3) is 3.58. The number of hydrogen-bond acceptors (Lipinski definition) is 6. The Morgan fingerprint density at radius 3 is 2.52 bits per heavy atom. The minimum atomic E-state index is -0.675. The maximum absolute atomic E-state index is 12.4. The Labute approximate surface area is 155 Å². The van der Waals surface area contributed by atoms with Crippen LogP contribution in [0, 0.1) is 32.6 Å². The van der Waals surface area contributed by atoms with Gasteiger partial charge in [0.05, 0.1) is 26.6 Å². The first-order chi connectivity index (χ1) is 12.9. The van der Waals surface area contributed by atoms with E-state index in [2.05, 4.69) is 10.9 Å². The quantitative estimate of drug-likeness (QED) is 0.390. The van der Waals surface area contributed by atoms with Gasteiger partial charge in [-0.25, -0.2) is 0 Å². The fraction of sp³-hybridized carbons (Fsp3) is 0.0588. The number of nitrogens with zero attached hydrogens (tertiary/aromatic N) is 4. The summed E-state index contributed by atoms with van der Waals surface area (Å²) in [4.78, 5) is 37.4. The van der Waals surface area contributed by atoms with Crippen molar-refractivity contribution in [2.45, 2.75) is 6.54 Å². The number of non-ortho nitro benzene ring substituents is 2. The van der Waals surface area contributed by atoms with Crippen molar-refractivity contribution < 1.29 is 14.6 Å². The minimum absolute atomic E-state index is 0.0555. The molecule has 0 N–H and O–H groups in total. The summed E-state index contributed by atoms with van der Waals surface area (Å²) in [7, 11) is 0. The number of carbonyl (C=O) groups excluding carboxylic acids is 1. The maximum Gasteiger partial charge on any atom is 0.279 e. The van der Waals surface area contributed by atoms with Crippen LogP contribution in [-0.2, 0) is 6.54 Å². The molecule has 1 amide bonds. The highest BCUT2D eigenvalue weighted by atomic mass is 32.1. The first-order valence-corrected chi connectivity index (χ1v) is 8.27. The Kier molecular flexibility index (Phi) is 4.78. The number of amides is 1. The zero-order valence-corrected chi connectivity index (χ0v) is 14.4. The van der Waals surface area contributed by atoms with Gasteiger partial charge in [0.2, 0.25) is 0 Å². The topological polar surface area (TPSA) is 121 Å². The van der Waals surface area contributed by atoms with Gasteiger partial charge < -0.3 is 4.57 Å². The highest BCUT2D eigenvalue weighted by molar-refractivity contribution is 7.16. The number of benzene rings is 2. The van der Waals surface area contributed by atoms with Crippen molar-refractivity contribution in [1.29, 1.82) is 0 Å². The average molecular weight is 382 g/mol. The Hall–Kier alpha value is -3.84. The summed E-state index contributed by atoms with van der Waals surface area (Å²) in [5.74, 6) is 1.75. The molecule has 0 spiro atoms. The van der Waals surface area contributed by atoms with Crippen molar-refractivity contribution in [3.63, 3.8) is 0 Å². The van der Waals surface area contributed by atoms with Gasteiger partial charge in [-0.15, -0.1) is 6.42 Å². The second-order valence-electron chi connectivity index (χ2n) is 5.31. The van der Waals surface area contributed by atoms with Crippen LogP contribution in [0.1, 0.15) is 10.4 Å². The molecule has 0 fully saturated rings. The Morgan fingerprint density at radius 1 is 1.15 bits per heavy atom. The monoisotopic (exact) mass is 382 g/mol. The van der Waals surface area contributed by atoms with E-state index in [1.54, 1.807) is 6.07 Å². The van der Waals surface area contributed by atoms with E-state index in [0.717, 1.165) is 17.4 Å². The molecule has 1 heterocycles. The predicted octanol–water partition coefficient (Wildman–Crippen LogP) is 2.89. The van der Waals surface area contributed by atoms with E-state index in [0.29, 0.717) is 10.2 Å². The smallest absolute Gasteiger partial charge is 0.279 e. The van der Waals surface area contributed by atoms with E-state index < -0.39 is 15.8 Å². The maximum atomic E-state index is 12.4. The fourth-order valence-corrected chi connectivity index (χ4v) is 3.41. The minimum Gasteiger partial charge on any atom is -0.304 e. The molecule has 2 aromatic carbocycles. The summed E-state index contributed by atoms with van der Waals surface area (Å²) >= 11 is 1.14. The highest BCUT2D eigenvalue weighted by Gasteiger charge is 2.14. The third-order valence-corrected chi connectivity index (χ3v) is 4.69. The van der Waals surface area contributed by atoms with E-state index in [1.807, 2.05) is 0 Å². The van der Waals surface area contributed by atoms with Crippen molar-refractivity contribution in [2.75, 3.05) is 0 Å². The summed E-state index contributed by atoms with van der Waals surface area (Å²) in [5, 5.41) is 21.9. The van der Waals surface area contributed by atoms with Crippen LogP contribution in [-0.4, -0.2) is 20.3 Å². The molecule has 1 aromatic heterocycles. The van der Waals surface area contributed by atoms with Crippen molar-refractivity contribution in [2.24, 2.45) is 4.99 Å². The molecule has 0 unspecified atom stereocenters. The molecule has 0 aliphatic rings. The van der Waals surface area contributed by atoms with E-state index in [4.69, 9.17) is 6.42 Å². The molecule has 0 aliphatic carbocycles. The van der Waals surface area contributed by atoms with Crippen molar-refractivity contribution in [1.82, 2.24) is 4.57 Å². The molecule has 134 valence electrons. The summed E-state index contributed by atoms with van der Waals surface area (Å²) in [5.41, 5.74) is 0.208. The second-order valence-corrected chi connectivity index (χ2v) is 6.32. The molecule has 0 atom stereocenters. The number of hydrogen-bond donors (Lipinski definition) is 0. The van der Waals surface area contributed by atoms with Crippen LogP contribution >= 0.6 is 11.3 Å².